The molecule has 1 amide bonds. The van der Waals surface area contributed by atoms with Crippen LogP contribution in [0.2, 0.25) is 0 Å². The largest absolute Gasteiger partial charge is 0.480 e. The summed E-state index contributed by atoms with van der Waals surface area (Å²) in [5.41, 5.74) is 1.33. The zero-order chi connectivity index (χ0) is 15.7. The molecule has 2 saturated heterocycles. The molecule has 0 saturated carbocycles. The monoisotopic (exact) mass is 307 g/mol. The standard InChI is InChI=1S/C15H21N3O4/c1-10-12(9-16-18(10)11-4-7-22-8-5-11)14(19)17-6-2-3-13(17)15(20)21/h9,11,13H,2-8H2,1H3,(H,20,21)/t13-/m1/s1. The highest BCUT2D eigenvalue weighted by atomic mass is 16.5. The van der Waals surface area contributed by atoms with E-state index in [9.17, 15) is 14.7 Å². The summed E-state index contributed by atoms with van der Waals surface area (Å²) < 4.78 is 7.25. The summed E-state index contributed by atoms with van der Waals surface area (Å²) in [5, 5.41) is 13.6. The van der Waals surface area contributed by atoms with Gasteiger partial charge in [-0.25, -0.2) is 4.79 Å². The zero-order valence-electron chi connectivity index (χ0n) is 12.7. The van der Waals surface area contributed by atoms with Crippen LogP contribution in [0.3, 0.4) is 0 Å². The first-order valence-corrected chi connectivity index (χ1v) is 7.75. The van der Waals surface area contributed by atoms with Gasteiger partial charge in [-0.2, -0.15) is 5.10 Å². The summed E-state index contributed by atoms with van der Waals surface area (Å²) in [6.07, 6.45) is 4.60. The predicted octanol–water partition coefficient (Wildman–Crippen LogP) is 1.23. The van der Waals surface area contributed by atoms with Crippen molar-refractivity contribution < 1.29 is 19.4 Å². The van der Waals surface area contributed by atoms with Gasteiger partial charge in [0.2, 0.25) is 0 Å². The fraction of sp³-hybridized carbons (Fsp3) is 0.667. The van der Waals surface area contributed by atoms with Gasteiger partial charge in [-0.1, -0.05) is 0 Å². The van der Waals surface area contributed by atoms with Gasteiger partial charge < -0.3 is 14.7 Å². The molecule has 120 valence electrons. The van der Waals surface area contributed by atoms with Crippen molar-refractivity contribution >= 4 is 11.9 Å². The van der Waals surface area contributed by atoms with E-state index in [2.05, 4.69) is 5.10 Å². The van der Waals surface area contributed by atoms with Crippen LogP contribution in [0.25, 0.3) is 0 Å². The summed E-state index contributed by atoms with van der Waals surface area (Å²) in [4.78, 5) is 25.4. The van der Waals surface area contributed by atoms with Crippen LogP contribution in [0.1, 0.15) is 47.8 Å². The number of carbonyl (C=O) groups excluding carboxylic acids is 1. The summed E-state index contributed by atoms with van der Waals surface area (Å²) in [7, 11) is 0. The fourth-order valence-corrected chi connectivity index (χ4v) is 3.35. The van der Waals surface area contributed by atoms with Crippen molar-refractivity contribution in [3.63, 3.8) is 0 Å². The van der Waals surface area contributed by atoms with E-state index in [1.807, 2.05) is 11.6 Å². The highest BCUT2D eigenvalue weighted by Crippen LogP contribution is 2.26. The minimum atomic E-state index is -0.930. The van der Waals surface area contributed by atoms with Crippen molar-refractivity contribution in [2.45, 2.75) is 44.7 Å². The lowest BCUT2D eigenvalue weighted by Crippen LogP contribution is -2.40. The Hall–Kier alpha value is -1.89. The molecule has 7 heteroatoms. The zero-order valence-corrected chi connectivity index (χ0v) is 12.7. The van der Waals surface area contributed by atoms with Gasteiger partial charge in [-0.15, -0.1) is 0 Å². The molecule has 0 bridgehead atoms. The third-order valence-corrected chi connectivity index (χ3v) is 4.61. The quantitative estimate of drug-likeness (QED) is 0.908. The first kappa shape index (κ1) is 15.0. The van der Waals surface area contributed by atoms with E-state index in [1.165, 1.54) is 4.90 Å². The minimum absolute atomic E-state index is 0.222. The predicted molar refractivity (Wildman–Crippen MR) is 77.7 cm³/mol. The maximum Gasteiger partial charge on any atom is 0.326 e. The van der Waals surface area contributed by atoms with Crippen LogP contribution in [0.4, 0.5) is 0 Å². The van der Waals surface area contributed by atoms with Gasteiger partial charge in [0.25, 0.3) is 5.91 Å². The lowest BCUT2D eigenvalue weighted by molar-refractivity contribution is -0.141. The number of hydrogen-bond donors (Lipinski definition) is 1. The Kier molecular flexibility index (Phi) is 4.15. The maximum atomic E-state index is 12.7. The normalized spacial score (nSPS) is 23.0. The Morgan fingerprint density at radius 2 is 2.05 bits per heavy atom. The molecule has 0 aromatic carbocycles. The van der Waals surface area contributed by atoms with Crippen molar-refractivity contribution in [2.75, 3.05) is 19.8 Å². The van der Waals surface area contributed by atoms with Crippen molar-refractivity contribution in [1.29, 1.82) is 0 Å². The van der Waals surface area contributed by atoms with E-state index in [0.29, 0.717) is 31.7 Å². The van der Waals surface area contributed by atoms with Gasteiger partial charge in [0.05, 0.1) is 17.8 Å². The van der Waals surface area contributed by atoms with E-state index in [4.69, 9.17) is 4.74 Å². The summed E-state index contributed by atoms with van der Waals surface area (Å²) in [6.45, 7) is 3.79. The Balaban J connectivity index is 1.81. The van der Waals surface area contributed by atoms with Crippen LogP contribution >= 0.6 is 0 Å². The first-order valence-electron chi connectivity index (χ1n) is 7.75. The van der Waals surface area contributed by atoms with Gasteiger partial charge in [-0.05, 0) is 32.6 Å². The van der Waals surface area contributed by atoms with Crippen LogP contribution < -0.4 is 0 Å². The van der Waals surface area contributed by atoms with Gasteiger partial charge in [0.15, 0.2) is 0 Å². The van der Waals surface area contributed by atoms with Gasteiger partial charge >= 0.3 is 5.97 Å². The number of aliphatic carboxylic acids is 1. The van der Waals surface area contributed by atoms with Gasteiger partial charge in [0, 0.05) is 25.5 Å². The Morgan fingerprint density at radius 1 is 1.32 bits per heavy atom. The topological polar surface area (TPSA) is 84.7 Å². The average molecular weight is 307 g/mol. The summed E-state index contributed by atoms with van der Waals surface area (Å²) >= 11 is 0. The second kappa shape index (κ2) is 6.08. The van der Waals surface area contributed by atoms with Crippen LogP contribution in [-0.4, -0.2) is 57.5 Å². The second-order valence-electron chi connectivity index (χ2n) is 5.93. The molecule has 3 heterocycles. The van der Waals surface area contributed by atoms with E-state index >= 15 is 0 Å². The highest BCUT2D eigenvalue weighted by Gasteiger charge is 2.36. The molecule has 2 aliphatic rings. The number of hydrogen-bond acceptors (Lipinski definition) is 4. The molecule has 3 rings (SSSR count). The lowest BCUT2D eigenvalue weighted by atomic mass is 10.1. The lowest BCUT2D eigenvalue weighted by Gasteiger charge is -2.24. The third-order valence-electron chi connectivity index (χ3n) is 4.61. The number of rotatable bonds is 3. The molecule has 0 spiro atoms. The third kappa shape index (κ3) is 2.61. The van der Waals surface area contributed by atoms with Crippen LogP contribution in [0, 0.1) is 6.92 Å². The summed E-state index contributed by atoms with van der Waals surface area (Å²) in [6, 6.07) is -0.456. The number of aromatic nitrogens is 2. The van der Waals surface area contributed by atoms with E-state index < -0.39 is 12.0 Å². The highest BCUT2D eigenvalue weighted by molar-refractivity contribution is 5.97. The molecule has 1 aromatic rings. The summed E-state index contributed by atoms with van der Waals surface area (Å²) in [5.74, 6) is -1.15. The van der Waals surface area contributed by atoms with E-state index in [1.54, 1.807) is 6.20 Å². The molecule has 7 nitrogen and oxygen atoms in total. The van der Waals surface area contributed by atoms with Crippen LogP contribution in [-0.2, 0) is 9.53 Å². The van der Waals surface area contributed by atoms with Crippen molar-refractivity contribution in [2.24, 2.45) is 0 Å². The molecule has 1 atom stereocenters. The molecule has 1 N–H and O–H groups in total. The van der Waals surface area contributed by atoms with Crippen molar-refractivity contribution in [1.82, 2.24) is 14.7 Å². The molecular weight excluding hydrogens is 286 g/mol. The van der Waals surface area contributed by atoms with E-state index in [0.717, 1.165) is 25.0 Å². The Morgan fingerprint density at radius 3 is 2.73 bits per heavy atom. The average Bonchev–Trinajstić information content (AvgIpc) is 3.14. The molecule has 1 aromatic heterocycles. The van der Waals surface area contributed by atoms with Gasteiger partial charge in [-0.3, -0.25) is 9.48 Å². The van der Waals surface area contributed by atoms with Crippen LogP contribution in [0.5, 0.6) is 0 Å². The molecule has 2 aliphatic heterocycles. The van der Waals surface area contributed by atoms with E-state index in [-0.39, 0.29) is 11.9 Å². The number of carbonyl (C=O) groups is 2. The Labute approximate surface area is 128 Å². The molecule has 22 heavy (non-hydrogen) atoms. The van der Waals surface area contributed by atoms with Crippen molar-refractivity contribution in [3.8, 4) is 0 Å². The van der Waals surface area contributed by atoms with Gasteiger partial charge in [0.1, 0.15) is 6.04 Å². The number of carboxylic acid groups (broad SMARTS) is 1. The second-order valence-corrected chi connectivity index (χ2v) is 5.93. The smallest absolute Gasteiger partial charge is 0.326 e. The number of likely N-dealkylation sites (tertiary alicyclic amines) is 1. The number of nitrogens with zero attached hydrogens (tertiary/aromatic N) is 3. The SMILES string of the molecule is Cc1c(C(=O)N2CCC[C@@H]2C(=O)O)cnn1C1CCOCC1. The molecule has 0 aliphatic carbocycles. The van der Waals surface area contributed by atoms with Crippen molar-refractivity contribution in [3.05, 3.63) is 17.5 Å². The Bertz CT molecular complexity index is 577. The fourth-order valence-electron chi connectivity index (χ4n) is 3.35. The minimum Gasteiger partial charge on any atom is -0.480 e. The molecule has 0 radical (unpaired) electrons. The number of carboxylic acids is 1. The molecular formula is C15H21N3O4. The molecule has 2 fully saturated rings. The van der Waals surface area contributed by atoms with Crippen LogP contribution in [0.15, 0.2) is 6.20 Å². The first-order chi connectivity index (χ1) is 10.6. The number of amides is 1. The maximum absolute atomic E-state index is 12.7. The number of ether oxygens (including phenoxy) is 1. The molecule has 0 unspecified atom stereocenters.